The average Bonchev–Trinajstić information content (AvgIpc) is 4.00. The van der Waals surface area contributed by atoms with Gasteiger partial charge in [0.15, 0.2) is 0 Å². The summed E-state index contributed by atoms with van der Waals surface area (Å²) < 4.78 is 11.8. The second-order valence-electron chi connectivity index (χ2n) is 14.3. The Balaban J connectivity index is 1.10. The van der Waals surface area contributed by atoms with Crippen molar-refractivity contribution >= 4 is 67.1 Å². The molecule has 0 radical (unpaired) electrons. The van der Waals surface area contributed by atoms with Crippen molar-refractivity contribution < 1.29 is 28.7 Å². The highest BCUT2D eigenvalue weighted by atomic mass is 32.1. The zero-order valence-corrected chi connectivity index (χ0v) is 32.6. The van der Waals surface area contributed by atoms with Gasteiger partial charge in [0, 0.05) is 35.0 Å². The number of fused-ring (bicyclic) bond motifs is 2. The highest BCUT2D eigenvalue weighted by molar-refractivity contribution is 7.27. The van der Waals surface area contributed by atoms with Gasteiger partial charge in [0.05, 0.1) is 52.6 Å². The first-order valence-corrected chi connectivity index (χ1v) is 19.8. The van der Waals surface area contributed by atoms with E-state index in [1.165, 1.54) is 14.2 Å². The van der Waals surface area contributed by atoms with Gasteiger partial charge in [0.25, 0.3) is 0 Å². The molecule has 6 heterocycles. The number of alkyl carbamates (subject to hydrolysis) is 2. The lowest BCUT2D eigenvalue weighted by Crippen LogP contribution is -2.51. The Hall–Kier alpha value is -5.22. The normalized spacial score (nSPS) is 18.2. The van der Waals surface area contributed by atoms with Gasteiger partial charge >= 0.3 is 12.2 Å². The average molecular weight is 773 g/mol. The minimum absolute atomic E-state index is 0.112. The number of carbonyl (C=O) groups excluding carboxylic acids is 4. The van der Waals surface area contributed by atoms with Crippen LogP contribution in [0.1, 0.15) is 64.3 Å². The fraction of sp³-hybridized carbons (Fsp3) is 0.421. The maximum atomic E-state index is 13.6. The summed E-state index contributed by atoms with van der Waals surface area (Å²) in [5, 5.41) is 9.69. The van der Waals surface area contributed by atoms with Crippen molar-refractivity contribution in [3.63, 3.8) is 0 Å². The third kappa shape index (κ3) is 6.95. The zero-order valence-electron chi connectivity index (χ0n) is 31.0. The van der Waals surface area contributed by atoms with Crippen LogP contribution in [0.5, 0.6) is 0 Å². The number of aromatic nitrogens is 4. The summed E-state index contributed by atoms with van der Waals surface area (Å²) in [6.45, 7) is 8.57. The molecule has 4 unspecified atom stereocenters. The van der Waals surface area contributed by atoms with Gasteiger partial charge in [-0.1, -0.05) is 45.9 Å². The molecule has 284 valence electrons. The third-order valence-corrected chi connectivity index (χ3v) is 12.3. The van der Waals surface area contributed by atoms with Gasteiger partial charge in [0.1, 0.15) is 29.8 Å². The Labute approximate surface area is 320 Å². The van der Waals surface area contributed by atoms with Gasteiger partial charge < -0.3 is 39.9 Å². The molecule has 1 aromatic carbocycles. The molecule has 4 amide bonds. The molecule has 1 saturated heterocycles. The number of hydrogen-bond acceptors (Lipinski definition) is 10. The fourth-order valence-electron chi connectivity index (χ4n) is 7.24. The number of nitrogens with zero attached hydrogens (tertiary/aromatic N) is 4. The lowest BCUT2D eigenvalue weighted by atomic mass is 10.0. The van der Waals surface area contributed by atoms with E-state index < -0.39 is 30.3 Å². The van der Waals surface area contributed by atoms with E-state index in [2.05, 4.69) is 43.5 Å². The maximum Gasteiger partial charge on any atom is 0.407 e. The van der Waals surface area contributed by atoms with Crippen molar-refractivity contribution in [1.82, 2.24) is 40.4 Å². The van der Waals surface area contributed by atoms with Crippen LogP contribution in [0.3, 0.4) is 0 Å². The van der Waals surface area contributed by atoms with Crippen molar-refractivity contribution in [2.75, 3.05) is 27.3 Å². The zero-order chi connectivity index (χ0) is 38.3. The van der Waals surface area contributed by atoms with E-state index in [1.54, 1.807) is 27.6 Å². The topological polar surface area (TPSA) is 175 Å². The lowest BCUT2D eigenvalue weighted by molar-refractivity contribution is -0.136. The second kappa shape index (κ2) is 15.3. The maximum absolute atomic E-state index is 13.6. The first-order chi connectivity index (χ1) is 26.0. The number of H-pyrrole nitrogens is 2. The number of aromatic amines is 2. The van der Waals surface area contributed by atoms with Crippen LogP contribution in [0, 0.1) is 11.8 Å². The molecule has 4 N–H and O–H groups in total. The van der Waals surface area contributed by atoms with Crippen LogP contribution >= 0.6 is 22.7 Å². The molecule has 2 aliphatic rings. The Morgan fingerprint density at radius 1 is 0.870 bits per heavy atom. The summed E-state index contributed by atoms with van der Waals surface area (Å²) in [6, 6.07) is 4.10. The molecule has 0 saturated carbocycles. The Kier molecular flexibility index (Phi) is 10.5. The quantitative estimate of drug-likeness (QED) is 0.113. The molecular formula is C38H44N8O6S2. The first kappa shape index (κ1) is 37.1. The van der Waals surface area contributed by atoms with Crippen LogP contribution in [-0.4, -0.2) is 93.1 Å². The van der Waals surface area contributed by atoms with Crippen LogP contribution in [0.15, 0.2) is 47.3 Å². The minimum atomic E-state index is -0.734. The number of thiophene rings is 2. The van der Waals surface area contributed by atoms with Crippen LogP contribution in [0.2, 0.25) is 0 Å². The van der Waals surface area contributed by atoms with Gasteiger partial charge in [-0.15, -0.1) is 22.7 Å². The van der Waals surface area contributed by atoms with E-state index in [0.29, 0.717) is 18.9 Å². The molecule has 0 aliphatic carbocycles. The minimum Gasteiger partial charge on any atom is -0.453 e. The van der Waals surface area contributed by atoms with Gasteiger partial charge in [-0.3, -0.25) is 9.59 Å². The van der Waals surface area contributed by atoms with Crippen molar-refractivity contribution in [1.29, 1.82) is 0 Å². The number of ether oxygens (including phenoxy) is 2. The van der Waals surface area contributed by atoms with E-state index in [9.17, 15) is 19.2 Å². The molecule has 16 heteroatoms. The fourth-order valence-corrected chi connectivity index (χ4v) is 9.69. The molecule has 7 rings (SSSR count). The summed E-state index contributed by atoms with van der Waals surface area (Å²) in [5.41, 5.74) is 5.74. The molecule has 54 heavy (non-hydrogen) atoms. The van der Waals surface area contributed by atoms with Gasteiger partial charge in [-0.2, -0.15) is 0 Å². The predicted molar refractivity (Wildman–Crippen MR) is 208 cm³/mol. The monoisotopic (exact) mass is 772 g/mol. The van der Waals surface area contributed by atoms with Crippen molar-refractivity contribution in [2.24, 2.45) is 11.8 Å². The number of rotatable bonds is 10. The number of hydrogen-bond donors (Lipinski definition) is 4. The smallest absolute Gasteiger partial charge is 0.407 e. The first-order valence-electron chi connectivity index (χ1n) is 18.0. The van der Waals surface area contributed by atoms with E-state index in [1.807, 2.05) is 57.0 Å². The Bertz CT molecular complexity index is 2230. The van der Waals surface area contributed by atoms with Crippen LogP contribution in [-0.2, 0) is 19.1 Å². The molecule has 5 aromatic rings. The summed E-state index contributed by atoms with van der Waals surface area (Å²) in [6.07, 6.45) is 6.07. The van der Waals surface area contributed by atoms with Gasteiger partial charge in [-0.25, -0.2) is 19.6 Å². The number of carbonyl (C=O) groups is 4. The lowest BCUT2D eigenvalue weighted by Gasteiger charge is -2.30. The number of benzene rings is 1. The molecule has 0 bridgehead atoms. The van der Waals surface area contributed by atoms with Crippen molar-refractivity contribution in [3.05, 3.63) is 59.0 Å². The Morgan fingerprint density at radius 2 is 1.52 bits per heavy atom. The highest BCUT2D eigenvalue weighted by Crippen LogP contribution is 2.44. The van der Waals surface area contributed by atoms with E-state index in [0.717, 1.165) is 61.5 Å². The molecule has 4 aromatic heterocycles. The molecule has 2 aliphatic heterocycles. The number of amides is 4. The second-order valence-corrected chi connectivity index (χ2v) is 16.0. The predicted octanol–water partition coefficient (Wildman–Crippen LogP) is 6.76. The van der Waals surface area contributed by atoms with Crippen LogP contribution in [0.25, 0.3) is 42.8 Å². The van der Waals surface area contributed by atoms with Crippen molar-refractivity contribution in [3.8, 4) is 22.4 Å². The standard InChI is InChI=1S/C38H44N8O6S2/c1-19(2)29(43-37(49)51-5)35(47)45-13-7-9-27(45)33-39-16-26(42-33)23-18-54-31-22(17-53-32(23)31)21-11-12-24-25(15-21)41-34(40-24)28-10-8-14-46(28)36(48)30(20(3)4)44-38(50)52-6/h8,10-12,15-20,27-30H,7,9,13-14H2,1-6H3,(H,39,42)(H,40,41)(H,43,49)(H,44,50). The summed E-state index contributed by atoms with van der Waals surface area (Å²) >= 11 is 3.34. The van der Waals surface area contributed by atoms with Gasteiger partial charge in [-0.05, 0) is 42.4 Å². The molecule has 0 spiro atoms. The number of likely N-dealkylation sites (tertiary alicyclic amines) is 1. The molecule has 4 atom stereocenters. The molecular weight excluding hydrogens is 729 g/mol. The highest BCUT2D eigenvalue weighted by Gasteiger charge is 2.38. The molecule has 1 fully saturated rings. The Morgan fingerprint density at radius 3 is 2.19 bits per heavy atom. The number of imidazole rings is 2. The van der Waals surface area contributed by atoms with Crippen molar-refractivity contribution in [2.45, 2.75) is 64.7 Å². The summed E-state index contributed by atoms with van der Waals surface area (Å²) in [5.74, 6) is 0.781. The third-order valence-electron chi connectivity index (χ3n) is 10.1. The molecule has 14 nitrogen and oxygen atoms in total. The summed E-state index contributed by atoms with van der Waals surface area (Å²) in [7, 11) is 2.57. The van der Waals surface area contributed by atoms with E-state index >= 15 is 0 Å². The van der Waals surface area contributed by atoms with E-state index in [-0.39, 0.29) is 29.7 Å². The van der Waals surface area contributed by atoms with E-state index in [4.69, 9.17) is 19.4 Å². The van der Waals surface area contributed by atoms with Crippen LogP contribution in [0.4, 0.5) is 9.59 Å². The van der Waals surface area contributed by atoms with Crippen LogP contribution < -0.4 is 10.6 Å². The SMILES string of the molecule is COC(=O)NC(C(=O)N1CC=CC1c1nc2ccc(-c3csc4c(-c5cnc(C6CCCN6C(=O)C(NC(=O)OC)C(C)C)[nH]5)csc34)cc2[nH]1)C(C)C. The number of nitrogens with one attached hydrogen (secondary N) is 4. The van der Waals surface area contributed by atoms with Gasteiger partial charge in [0.2, 0.25) is 11.8 Å². The number of methoxy groups -OCH3 is 2. The summed E-state index contributed by atoms with van der Waals surface area (Å²) in [4.78, 5) is 71.3. The largest absolute Gasteiger partial charge is 0.453 e.